The van der Waals surface area contributed by atoms with E-state index in [0.717, 1.165) is 44.8 Å². The van der Waals surface area contributed by atoms with Gasteiger partial charge >= 0.3 is 0 Å². The average molecular weight is 383 g/mol. The number of halogens is 2. The molecule has 2 saturated heterocycles. The Hall–Kier alpha value is -1.34. The van der Waals surface area contributed by atoms with Gasteiger partial charge in [-0.3, -0.25) is 4.90 Å². The molecule has 0 spiro atoms. The van der Waals surface area contributed by atoms with Gasteiger partial charge in [-0.1, -0.05) is 23.2 Å². The molecule has 0 saturated carbocycles. The molecule has 0 radical (unpaired) electrons. The lowest BCUT2D eigenvalue weighted by Gasteiger charge is -2.31. The van der Waals surface area contributed by atoms with Crippen molar-refractivity contribution in [2.75, 3.05) is 37.7 Å². The summed E-state index contributed by atoms with van der Waals surface area (Å²) >= 11 is 12.1. The van der Waals surface area contributed by atoms with Crippen molar-refractivity contribution in [1.82, 2.24) is 15.0 Å². The van der Waals surface area contributed by atoms with E-state index in [9.17, 15) is 0 Å². The number of morpholine rings is 1. The highest BCUT2D eigenvalue weighted by molar-refractivity contribution is 6.35. The molecule has 134 valence electrons. The van der Waals surface area contributed by atoms with E-state index in [4.69, 9.17) is 32.5 Å². The Morgan fingerprint density at radius 3 is 2.56 bits per heavy atom. The molecule has 8 heteroatoms. The van der Waals surface area contributed by atoms with Gasteiger partial charge in [-0.15, -0.1) is 0 Å². The van der Waals surface area contributed by atoms with E-state index in [0.29, 0.717) is 34.0 Å². The normalized spacial score (nSPS) is 24.8. The topological polar surface area (TPSA) is 54.6 Å². The number of anilines is 1. The van der Waals surface area contributed by atoms with Crippen molar-refractivity contribution in [3.63, 3.8) is 0 Å². The zero-order valence-corrected chi connectivity index (χ0v) is 15.5. The summed E-state index contributed by atoms with van der Waals surface area (Å²) in [7, 11) is 0. The molecule has 2 aliphatic heterocycles. The minimum absolute atomic E-state index is 0.362. The van der Waals surface area contributed by atoms with Gasteiger partial charge in [0.25, 0.3) is 11.8 Å². The van der Waals surface area contributed by atoms with Crippen LogP contribution in [0.3, 0.4) is 0 Å². The van der Waals surface area contributed by atoms with Gasteiger partial charge in [0, 0.05) is 47.3 Å². The van der Waals surface area contributed by atoms with Gasteiger partial charge in [0.1, 0.15) is 0 Å². The zero-order chi connectivity index (χ0) is 17.4. The Bertz CT molecular complexity index is 728. The smallest absolute Gasteiger partial charge is 0.266 e. The molecule has 0 bridgehead atoms. The zero-order valence-electron chi connectivity index (χ0n) is 14.0. The predicted molar refractivity (Wildman–Crippen MR) is 97.4 cm³/mol. The maximum atomic E-state index is 6.06. The average Bonchev–Trinajstić information content (AvgIpc) is 3.21. The molecule has 2 aliphatic rings. The van der Waals surface area contributed by atoms with Gasteiger partial charge in [-0.25, -0.2) is 0 Å². The number of nitrogens with zero attached hydrogens (tertiary/aromatic N) is 4. The molecule has 0 aliphatic carbocycles. The molecule has 3 heterocycles. The number of aromatic nitrogens is 2. The molecule has 1 aromatic carbocycles. The summed E-state index contributed by atoms with van der Waals surface area (Å²) < 4.78 is 10.9. The fourth-order valence-electron chi connectivity index (χ4n) is 3.62. The second-order valence-corrected chi connectivity index (χ2v) is 7.47. The third kappa shape index (κ3) is 3.62. The van der Waals surface area contributed by atoms with Gasteiger partial charge in [0.15, 0.2) is 0 Å². The first-order valence-electron chi connectivity index (χ1n) is 8.49. The molecular formula is C17H20Cl2N4O2. The van der Waals surface area contributed by atoms with Crippen LogP contribution in [0.4, 0.5) is 5.95 Å². The van der Waals surface area contributed by atoms with Crippen LogP contribution in [-0.4, -0.2) is 60.0 Å². The van der Waals surface area contributed by atoms with Crippen LogP contribution in [0.1, 0.15) is 13.3 Å². The van der Waals surface area contributed by atoms with Gasteiger partial charge in [-0.2, -0.15) is 4.98 Å². The molecule has 25 heavy (non-hydrogen) atoms. The van der Waals surface area contributed by atoms with Gasteiger partial charge in [0.2, 0.25) is 0 Å². The van der Waals surface area contributed by atoms with Crippen LogP contribution in [0.25, 0.3) is 11.5 Å². The van der Waals surface area contributed by atoms with Crippen LogP contribution in [0.5, 0.6) is 0 Å². The van der Waals surface area contributed by atoms with E-state index < -0.39 is 0 Å². The summed E-state index contributed by atoms with van der Waals surface area (Å²) in [5, 5.41) is 5.27. The van der Waals surface area contributed by atoms with Gasteiger partial charge < -0.3 is 14.2 Å². The van der Waals surface area contributed by atoms with Gasteiger partial charge in [0.05, 0.1) is 13.2 Å². The Balaban J connectivity index is 1.51. The molecule has 0 amide bonds. The van der Waals surface area contributed by atoms with Crippen LogP contribution in [-0.2, 0) is 4.74 Å². The highest BCUT2D eigenvalue weighted by Gasteiger charge is 2.35. The maximum absolute atomic E-state index is 6.06. The highest BCUT2D eigenvalue weighted by atomic mass is 35.5. The predicted octanol–water partition coefficient (Wildman–Crippen LogP) is 3.34. The molecule has 6 nitrogen and oxygen atoms in total. The molecule has 2 unspecified atom stereocenters. The second-order valence-electron chi connectivity index (χ2n) is 6.60. The Labute approximate surface area is 156 Å². The molecular weight excluding hydrogens is 363 g/mol. The lowest BCUT2D eigenvalue weighted by molar-refractivity contribution is 0.0204. The first kappa shape index (κ1) is 17.1. The third-order valence-electron chi connectivity index (χ3n) is 4.90. The Kier molecular flexibility index (Phi) is 4.86. The summed E-state index contributed by atoms with van der Waals surface area (Å²) in [5.41, 5.74) is 0.729. The standard InChI is InChI=1S/C17H20Cl2N4O2/c1-11-6-15(22-2-4-24-5-3-22)10-23(11)17-20-16(25-21-17)12-7-13(18)9-14(19)8-12/h7-9,11,15H,2-6,10H2,1H3. The van der Waals surface area contributed by atoms with E-state index in [1.165, 1.54) is 0 Å². The van der Waals surface area contributed by atoms with E-state index in [-0.39, 0.29) is 0 Å². The second kappa shape index (κ2) is 7.11. The van der Waals surface area contributed by atoms with Crippen LogP contribution < -0.4 is 4.90 Å². The minimum atomic E-state index is 0.362. The highest BCUT2D eigenvalue weighted by Crippen LogP contribution is 2.30. The van der Waals surface area contributed by atoms with Crippen molar-refractivity contribution >= 4 is 29.2 Å². The monoisotopic (exact) mass is 382 g/mol. The Morgan fingerprint density at radius 1 is 1.12 bits per heavy atom. The molecule has 2 atom stereocenters. The number of ether oxygens (including phenoxy) is 1. The first-order valence-corrected chi connectivity index (χ1v) is 9.24. The lowest BCUT2D eigenvalue weighted by Crippen LogP contribution is -2.44. The largest absolute Gasteiger partial charge is 0.379 e. The summed E-state index contributed by atoms with van der Waals surface area (Å²) in [6.07, 6.45) is 1.09. The van der Waals surface area contributed by atoms with Crippen molar-refractivity contribution in [2.24, 2.45) is 0 Å². The van der Waals surface area contributed by atoms with Crippen molar-refractivity contribution in [2.45, 2.75) is 25.4 Å². The van der Waals surface area contributed by atoms with Crippen LogP contribution in [0.2, 0.25) is 10.0 Å². The Morgan fingerprint density at radius 2 is 1.84 bits per heavy atom. The molecule has 2 aromatic rings. The SMILES string of the molecule is CC1CC(N2CCOCC2)CN1c1noc(-c2cc(Cl)cc(Cl)c2)n1. The van der Waals surface area contributed by atoms with Crippen LogP contribution in [0.15, 0.2) is 22.7 Å². The fraction of sp³-hybridized carbons (Fsp3) is 0.529. The fourth-order valence-corrected chi connectivity index (χ4v) is 4.14. The summed E-state index contributed by atoms with van der Waals surface area (Å²) in [5.74, 6) is 1.05. The summed E-state index contributed by atoms with van der Waals surface area (Å²) in [6, 6.07) is 6.09. The summed E-state index contributed by atoms with van der Waals surface area (Å²) in [6.45, 7) is 6.70. The molecule has 2 fully saturated rings. The molecule has 4 rings (SSSR count). The first-order chi connectivity index (χ1) is 12.1. The van der Waals surface area contributed by atoms with Gasteiger partial charge in [-0.05, 0) is 36.7 Å². The van der Waals surface area contributed by atoms with E-state index in [2.05, 4.69) is 26.9 Å². The van der Waals surface area contributed by atoms with Crippen molar-refractivity contribution in [3.05, 3.63) is 28.2 Å². The van der Waals surface area contributed by atoms with Crippen molar-refractivity contribution in [3.8, 4) is 11.5 Å². The van der Waals surface area contributed by atoms with E-state index in [1.807, 2.05) is 0 Å². The minimum Gasteiger partial charge on any atom is -0.379 e. The van der Waals surface area contributed by atoms with Crippen LogP contribution >= 0.6 is 23.2 Å². The lowest BCUT2D eigenvalue weighted by atomic mass is 10.1. The number of hydrogen-bond acceptors (Lipinski definition) is 6. The van der Waals surface area contributed by atoms with Crippen LogP contribution in [0, 0.1) is 0 Å². The molecule has 0 N–H and O–H groups in total. The number of hydrogen-bond donors (Lipinski definition) is 0. The maximum Gasteiger partial charge on any atom is 0.266 e. The summed E-state index contributed by atoms with van der Waals surface area (Å²) in [4.78, 5) is 9.27. The van der Waals surface area contributed by atoms with E-state index in [1.54, 1.807) is 18.2 Å². The van der Waals surface area contributed by atoms with E-state index >= 15 is 0 Å². The number of benzene rings is 1. The molecule has 1 aromatic heterocycles. The van der Waals surface area contributed by atoms with Crippen molar-refractivity contribution in [1.29, 1.82) is 0 Å². The van der Waals surface area contributed by atoms with Crippen molar-refractivity contribution < 1.29 is 9.26 Å². The quantitative estimate of drug-likeness (QED) is 0.811. The number of rotatable bonds is 3. The third-order valence-corrected chi connectivity index (χ3v) is 5.33.